The van der Waals surface area contributed by atoms with Crippen molar-refractivity contribution in [3.63, 3.8) is 0 Å². The molecule has 0 saturated carbocycles. The van der Waals surface area contributed by atoms with Crippen LogP contribution in [0, 0.1) is 6.92 Å². The predicted molar refractivity (Wildman–Crippen MR) is 49.4 cm³/mol. The van der Waals surface area contributed by atoms with E-state index in [1.165, 1.54) is 11.5 Å². The van der Waals surface area contributed by atoms with Crippen molar-refractivity contribution in [2.45, 2.75) is 6.92 Å². The van der Waals surface area contributed by atoms with Gasteiger partial charge < -0.3 is 10.6 Å². The maximum Gasteiger partial charge on any atom is 0.238 e. The number of aryl methyl sites for hydroxylation is 1. The van der Waals surface area contributed by atoms with Crippen LogP contribution < -0.4 is 10.6 Å². The third kappa shape index (κ3) is 2.60. The Hall–Kier alpha value is -0.940. The minimum absolute atomic E-state index is 0.0406. The number of amides is 1. The zero-order valence-electron chi connectivity index (χ0n) is 7.05. The van der Waals surface area contributed by atoms with E-state index in [4.69, 9.17) is 0 Å². The highest BCUT2D eigenvalue weighted by atomic mass is 32.1. The summed E-state index contributed by atoms with van der Waals surface area (Å²) >= 11 is 1.29. The number of carbonyl (C=O) groups excluding carboxylic acids is 1. The molecule has 5 heteroatoms. The first-order valence-corrected chi connectivity index (χ1v) is 4.37. The zero-order valence-corrected chi connectivity index (χ0v) is 7.86. The lowest BCUT2D eigenvalue weighted by Crippen LogP contribution is -2.24. The molecule has 4 nitrogen and oxygen atoms in total. The van der Waals surface area contributed by atoms with E-state index in [2.05, 4.69) is 15.0 Å². The molecule has 0 aliphatic rings. The molecule has 1 heterocycles. The fourth-order valence-corrected chi connectivity index (χ4v) is 1.44. The lowest BCUT2D eigenvalue weighted by Gasteiger charge is -1.98. The second-order valence-corrected chi connectivity index (χ2v) is 3.22. The first-order valence-electron chi connectivity index (χ1n) is 3.60. The summed E-state index contributed by atoms with van der Waals surface area (Å²) in [7, 11) is 1.73. The number of aromatic nitrogens is 1. The Balaban J connectivity index is 2.46. The van der Waals surface area contributed by atoms with Crippen molar-refractivity contribution in [2.75, 3.05) is 18.9 Å². The van der Waals surface area contributed by atoms with E-state index >= 15 is 0 Å². The standard InChI is InChI=1S/C7H11N3OS/c1-5-3-7(12-10-5)9-6(11)4-8-2/h3,8H,4H2,1-2H3,(H,9,11). The first kappa shape index (κ1) is 9.15. The summed E-state index contributed by atoms with van der Waals surface area (Å²) in [6, 6.07) is 1.85. The highest BCUT2D eigenvalue weighted by Gasteiger charge is 2.02. The summed E-state index contributed by atoms with van der Waals surface area (Å²) in [6.45, 7) is 2.22. The number of carbonyl (C=O) groups is 1. The molecule has 12 heavy (non-hydrogen) atoms. The molecule has 1 amide bonds. The normalized spacial score (nSPS) is 9.83. The van der Waals surface area contributed by atoms with Crippen LogP contribution in [0.15, 0.2) is 6.07 Å². The molecule has 0 radical (unpaired) electrons. The lowest BCUT2D eigenvalue weighted by atomic mass is 10.5. The number of rotatable bonds is 3. The SMILES string of the molecule is CNCC(=O)Nc1cc(C)ns1. The van der Waals surface area contributed by atoms with Crippen molar-refractivity contribution in [1.29, 1.82) is 0 Å². The Morgan fingerprint density at radius 1 is 1.75 bits per heavy atom. The van der Waals surface area contributed by atoms with Crippen LogP contribution in [0.1, 0.15) is 5.69 Å². The van der Waals surface area contributed by atoms with E-state index in [0.29, 0.717) is 6.54 Å². The van der Waals surface area contributed by atoms with Gasteiger partial charge in [0.15, 0.2) is 0 Å². The number of nitrogens with zero attached hydrogens (tertiary/aromatic N) is 1. The van der Waals surface area contributed by atoms with Crippen LogP contribution in [0.5, 0.6) is 0 Å². The van der Waals surface area contributed by atoms with Crippen molar-refractivity contribution in [3.8, 4) is 0 Å². The first-order chi connectivity index (χ1) is 5.72. The molecule has 0 fully saturated rings. The van der Waals surface area contributed by atoms with E-state index in [9.17, 15) is 4.79 Å². The van der Waals surface area contributed by atoms with Crippen molar-refractivity contribution in [2.24, 2.45) is 0 Å². The van der Waals surface area contributed by atoms with Gasteiger partial charge in [0.25, 0.3) is 0 Å². The van der Waals surface area contributed by atoms with E-state index in [1.54, 1.807) is 7.05 Å². The molecule has 1 aromatic rings. The summed E-state index contributed by atoms with van der Waals surface area (Å²) in [5, 5.41) is 6.28. The van der Waals surface area contributed by atoms with E-state index in [-0.39, 0.29) is 5.91 Å². The number of likely N-dealkylation sites (N-methyl/N-ethyl adjacent to an activating group) is 1. The van der Waals surface area contributed by atoms with Gasteiger partial charge in [-0.2, -0.15) is 4.37 Å². The van der Waals surface area contributed by atoms with Gasteiger partial charge in [-0.3, -0.25) is 4.79 Å². The Morgan fingerprint density at radius 3 is 3.00 bits per heavy atom. The molecular formula is C7H11N3OS. The maximum atomic E-state index is 11.0. The molecule has 0 atom stereocenters. The molecule has 0 aromatic carbocycles. The van der Waals surface area contributed by atoms with Crippen molar-refractivity contribution < 1.29 is 4.79 Å². The quantitative estimate of drug-likeness (QED) is 0.725. The Labute approximate surface area is 75.2 Å². The van der Waals surface area contributed by atoms with Gasteiger partial charge >= 0.3 is 0 Å². The molecule has 1 rings (SSSR count). The van der Waals surface area contributed by atoms with Crippen LogP contribution in [0.3, 0.4) is 0 Å². The zero-order chi connectivity index (χ0) is 8.97. The minimum atomic E-state index is -0.0406. The molecule has 0 aliphatic heterocycles. The molecule has 0 unspecified atom stereocenters. The highest BCUT2D eigenvalue weighted by molar-refractivity contribution is 7.10. The van der Waals surface area contributed by atoms with Gasteiger partial charge in [-0.25, -0.2) is 0 Å². The van der Waals surface area contributed by atoms with Gasteiger partial charge in [0.2, 0.25) is 5.91 Å². The fraction of sp³-hybridized carbons (Fsp3) is 0.429. The topological polar surface area (TPSA) is 54.0 Å². The lowest BCUT2D eigenvalue weighted by molar-refractivity contribution is -0.115. The average molecular weight is 185 g/mol. The molecule has 2 N–H and O–H groups in total. The van der Waals surface area contributed by atoms with Crippen LogP contribution in [0.2, 0.25) is 0 Å². The van der Waals surface area contributed by atoms with Crippen LogP contribution in [0.25, 0.3) is 0 Å². The van der Waals surface area contributed by atoms with Gasteiger partial charge in [0.05, 0.1) is 12.2 Å². The summed E-state index contributed by atoms with van der Waals surface area (Å²) in [5.74, 6) is -0.0406. The summed E-state index contributed by atoms with van der Waals surface area (Å²) in [5.41, 5.74) is 0.930. The van der Waals surface area contributed by atoms with E-state index in [0.717, 1.165) is 10.7 Å². The maximum absolute atomic E-state index is 11.0. The summed E-state index contributed by atoms with van der Waals surface area (Å²) in [6.07, 6.45) is 0. The van der Waals surface area contributed by atoms with Crippen LogP contribution in [-0.2, 0) is 4.79 Å². The molecule has 0 aliphatic carbocycles. The monoisotopic (exact) mass is 185 g/mol. The third-order valence-corrected chi connectivity index (χ3v) is 2.02. The number of hydrogen-bond acceptors (Lipinski definition) is 4. The average Bonchev–Trinajstić information content (AvgIpc) is 2.36. The number of hydrogen-bond donors (Lipinski definition) is 2. The van der Waals surface area contributed by atoms with Gasteiger partial charge in [0, 0.05) is 0 Å². The van der Waals surface area contributed by atoms with Crippen molar-refractivity contribution in [3.05, 3.63) is 11.8 Å². The van der Waals surface area contributed by atoms with Gasteiger partial charge in [-0.05, 0) is 31.6 Å². The fourth-order valence-electron chi connectivity index (χ4n) is 0.765. The van der Waals surface area contributed by atoms with E-state index < -0.39 is 0 Å². The minimum Gasteiger partial charge on any atom is -0.315 e. The highest BCUT2D eigenvalue weighted by Crippen LogP contribution is 2.14. The molecule has 0 bridgehead atoms. The number of anilines is 1. The Bertz CT molecular complexity index is 271. The largest absolute Gasteiger partial charge is 0.315 e. The second kappa shape index (κ2) is 4.18. The molecule has 66 valence electrons. The number of nitrogens with one attached hydrogen (secondary N) is 2. The van der Waals surface area contributed by atoms with Gasteiger partial charge in [-0.15, -0.1) is 0 Å². The second-order valence-electron chi connectivity index (χ2n) is 2.41. The summed E-state index contributed by atoms with van der Waals surface area (Å²) in [4.78, 5) is 11.0. The summed E-state index contributed by atoms with van der Waals surface area (Å²) < 4.78 is 4.04. The van der Waals surface area contributed by atoms with Crippen LogP contribution in [-0.4, -0.2) is 23.9 Å². The van der Waals surface area contributed by atoms with Crippen molar-refractivity contribution in [1.82, 2.24) is 9.69 Å². The van der Waals surface area contributed by atoms with Crippen LogP contribution in [0.4, 0.5) is 5.00 Å². The van der Waals surface area contributed by atoms with E-state index in [1.807, 2.05) is 13.0 Å². The molecular weight excluding hydrogens is 174 g/mol. The predicted octanol–water partition coefficient (Wildman–Crippen LogP) is 0.609. The molecule has 1 aromatic heterocycles. The smallest absolute Gasteiger partial charge is 0.238 e. The Morgan fingerprint density at radius 2 is 2.50 bits per heavy atom. The molecule has 0 spiro atoms. The Kier molecular flexibility index (Phi) is 3.19. The third-order valence-electron chi connectivity index (χ3n) is 1.23. The van der Waals surface area contributed by atoms with Gasteiger partial charge in [-0.1, -0.05) is 0 Å². The molecule has 0 saturated heterocycles. The van der Waals surface area contributed by atoms with Gasteiger partial charge in [0.1, 0.15) is 5.00 Å². The van der Waals surface area contributed by atoms with Crippen molar-refractivity contribution >= 4 is 22.4 Å². The van der Waals surface area contributed by atoms with Crippen LogP contribution >= 0.6 is 11.5 Å².